The molecule has 0 heterocycles. The molecule has 0 aliphatic heterocycles. The van der Waals surface area contributed by atoms with Crippen molar-refractivity contribution in [2.24, 2.45) is 5.50 Å². The van der Waals surface area contributed by atoms with Crippen molar-refractivity contribution in [2.75, 3.05) is 12.3 Å². The molecule has 3 heteroatoms. The highest BCUT2D eigenvalue weighted by atomic mass is 31.1. The average molecular weight is 337 g/mol. The van der Waals surface area contributed by atoms with Gasteiger partial charge in [-0.1, -0.05) is 91.0 Å². The van der Waals surface area contributed by atoms with Gasteiger partial charge in [0, 0.05) is 0 Å². The van der Waals surface area contributed by atoms with Crippen molar-refractivity contribution in [3.63, 3.8) is 0 Å². The molecule has 0 bridgehead atoms. The number of hydrogen-bond donors (Lipinski definition) is 1. The summed E-state index contributed by atoms with van der Waals surface area (Å²) in [5.74, 6) is 0. The first kappa shape index (κ1) is 16.3. The normalized spacial score (nSPS) is 12.3. The number of nitrogens with two attached hydrogens (primary N) is 1. The van der Waals surface area contributed by atoms with Gasteiger partial charge in [0.05, 0.1) is 0 Å². The van der Waals surface area contributed by atoms with E-state index in [1.165, 1.54) is 15.9 Å². The lowest BCUT2D eigenvalue weighted by atomic mass is 10.4. The monoisotopic (exact) mass is 337 g/mol. The van der Waals surface area contributed by atoms with Gasteiger partial charge in [-0.05, 0) is 44.2 Å². The molecule has 0 fully saturated rings. The first-order valence-corrected chi connectivity index (χ1v) is 10.9. The Morgan fingerprint density at radius 2 is 0.913 bits per heavy atom. The molecule has 0 aliphatic carbocycles. The Morgan fingerprint density at radius 3 is 1.35 bits per heavy atom. The SMILES string of the molecule is NP(CCP(c1ccccc1)c1ccccc1)c1ccccc1. The molecule has 1 unspecified atom stereocenters. The molecule has 0 saturated carbocycles. The van der Waals surface area contributed by atoms with E-state index >= 15 is 0 Å². The highest BCUT2D eigenvalue weighted by molar-refractivity contribution is 7.74. The quantitative estimate of drug-likeness (QED) is 0.680. The average Bonchev–Trinajstić information content (AvgIpc) is 2.64. The second-order valence-corrected chi connectivity index (χ2v) is 9.59. The van der Waals surface area contributed by atoms with Crippen molar-refractivity contribution >= 4 is 31.9 Å². The van der Waals surface area contributed by atoms with Crippen LogP contribution in [0, 0.1) is 0 Å². The molecule has 1 atom stereocenters. The predicted molar refractivity (Wildman–Crippen MR) is 106 cm³/mol. The fraction of sp³-hybridized carbons (Fsp3) is 0.100. The van der Waals surface area contributed by atoms with Crippen LogP contribution < -0.4 is 21.4 Å². The van der Waals surface area contributed by atoms with Crippen LogP contribution in [0.25, 0.3) is 0 Å². The molecule has 0 radical (unpaired) electrons. The minimum Gasteiger partial charge on any atom is -0.306 e. The lowest BCUT2D eigenvalue weighted by Crippen LogP contribution is -2.18. The van der Waals surface area contributed by atoms with E-state index in [2.05, 4.69) is 84.9 Å². The first-order valence-electron chi connectivity index (χ1n) is 7.79. The van der Waals surface area contributed by atoms with E-state index in [1.807, 2.05) is 6.07 Å². The summed E-state index contributed by atoms with van der Waals surface area (Å²) < 4.78 is 0. The fourth-order valence-corrected chi connectivity index (χ4v) is 6.93. The molecule has 0 aliphatic rings. The molecule has 0 aromatic heterocycles. The molecule has 3 rings (SSSR count). The standard InChI is InChI=1S/C20H21NP2/c21-23(20-14-8-3-9-15-20)17-16-22(18-10-4-1-5-11-18)19-12-6-2-7-13-19/h1-15H,16-17,21H2. The van der Waals surface area contributed by atoms with Gasteiger partial charge in [0.1, 0.15) is 0 Å². The van der Waals surface area contributed by atoms with Crippen molar-refractivity contribution < 1.29 is 0 Å². The van der Waals surface area contributed by atoms with Crippen molar-refractivity contribution in [1.82, 2.24) is 0 Å². The second kappa shape index (κ2) is 8.37. The number of hydrogen-bond acceptors (Lipinski definition) is 1. The Balaban J connectivity index is 1.77. The van der Waals surface area contributed by atoms with Gasteiger partial charge in [-0.2, -0.15) is 0 Å². The maximum absolute atomic E-state index is 6.47. The summed E-state index contributed by atoms with van der Waals surface area (Å²) in [5.41, 5.74) is 6.47. The van der Waals surface area contributed by atoms with Crippen LogP contribution in [0.4, 0.5) is 0 Å². The third kappa shape index (κ3) is 4.49. The zero-order valence-electron chi connectivity index (χ0n) is 13.0. The Hall–Kier alpha value is -1.52. The zero-order valence-corrected chi connectivity index (χ0v) is 14.8. The summed E-state index contributed by atoms with van der Waals surface area (Å²) in [5, 5.41) is 4.16. The van der Waals surface area contributed by atoms with Gasteiger partial charge in [0.15, 0.2) is 0 Å². The minimum absolute atomic E-state index is 0.338. The van der Waals surface area contributed by atoms with E-state index in [-0.39, 0.29) is 7.92 Å². The Bertz CT molecular complexity index is 662. The van der Waals surface area contributed by atoms with Crippen molar-refractivity contribution in [3.05, 3.63) is 91.0 Å². The summed E-state index contributed by atoms with van der Waals surface area (Å²) >= 11 is 0. The highest BCUT2D eigenvalue weighted by Gasteiger charge is 2.15. The highest BCUT2D eigenvalue weighted by Crippen LogP contribution is 2.37. The molecule has 0 saturated heterocycles. The maximum Gasteiger partial charge on any atom is -0.00924 e. The Morgan fingerprint density at radius 1 is 0.522 bits per heavy atom. The van der Waals surface area contributed by atoms with Gasteiger partial charge in [-0.3, -0.25) is 0 Å². The van der Waals surface area contributed by atoms with Crippen LogP contribution in [-0.4, -0.2) is 12.3 Å². The maximum atomic E-state index is 6.47. The molecule has 116 valence electrons. The smallest absolute Gasteiger partial charge is 0.00924 e. The molecule has 2 N–H and O–H groups in total. The zero-order chi connectivity index (χ0) is 15.9. The lowest BCUT2D eigenvalue weighted by Gasteiger charge is -2.21. The lowest BCUT2D eigenvalue weighted by molar-refractivity contribution is 1.49. The molecule has 0 amide bonds. The van der Waals surface area contributed by atoms with Gasteiger partial charge in [-0.15, -0.1) is 0 Å². The minimum atomic E-state index is -0.573. The molecule has 0 spiro atoms. The van der Waals surface area contributed by atoms with E-state index in [4.69, 9.17) is 5.50 Å². The summed E-state index contributed by atoms with van der Waals surface area (Å²) in [4.78, 5) is 0. The van der Waals surface area contributed by atoms with Gasteiger partial charge in [-0.25, -0.2) is 0 Å². The summed E-state index contributed by atoms with van der Waals surface area (Å²) in [6.45, 7) is 0. The number of rotatable bonds is 6. The van der Waals surface area contributed by atoms with E-state index in [0.717, 1.165) is 12.3 Å². The molecule has 3 aromatic rings. The van der Waals surface area contributed by atoms with E-state index in [1.54, 1.807) is 0 Å². The van der Waals surface area contributed by atoms with E-state index in [9.17, 15) is 0 Å². The molecule has 23 heavy (non-hydrogen) atoms. The van der Waals surface area contributed by atoms with Crippen LogP contribution in [0.5, 0.6) is 0 Å². The predicted octanol–water partition coefficient (Wildman–Crippen LogP) is 3.80. The third-order valence-electron chi connectivity index (χ3n) is 3.79. The molecule has 1 nitrogen and oxygen atoms in total. The van der Waals surface area contributed by atoms with Crippen LogP contribution in [-0.2, 0) is 0 Å². The third-order valence-corrected chi connectivity index (χ3v) is 8.32. The van der Waals surface area contributed by atoms with Gasteiger partial charge in [0.2, 0.25) is 0 Å². The van der Waals surface area contributed by atoms with Crippen molar-refractivity contribution in [2.45, 2.75) is 0 Å². The fourth-order valence-electron chi connectivity index (χ4n) is 2.58. The Kier molecular flexibility index (Phi) is 5.94. The topological polar surface area (TPSA) is 26.0 Å². The molecular weight excluding hydrogens is 316 g/mol. The van der Waals surface area contributed by atoms with E-state index < -0.39 is 8.07 Å². The summed E-state index contributed by atoms with van der Waals surface area (Å²) in [6.07, 6.45) is 2.20. The summed E-state index contributed by atoms with van der Waals surface area (Å²) in [6, 6.07) is 32.2. The molecule has 3 aromatic carbocycles. The van der Waals surface area contributed by atoms with E-state index in [0.29, 0.717) is 0 Å². The van der Waals surface area contributed by atoms with Crippen LogP contribution in [0.2, 0.25) is 0 Å². The van der Waals surface area contributed by atoms with Crippen molar-refractivity contribution in [1.29, 1.82) is 0 Å². The number of benzene rings is 3. The Labute approximate surface area is 141 Å². The second-order valence-electron chi connectivity index (χ2n) is 5.35. The largest absolute Gasteiger partial charge is 0.306 e. The van der Waals surface area contributed by atoms with Gasteiger partial charge < -0.3 is 5.50 Å². The first-order chi connectivity index (χ1) is 11.3. The van der Waals surface area contributed by atoms with Crippen LogP contribution in [0.3, 0.4) is 0 Å². The van der Waals surface area contributed by atoms with Gasteiger partial charge >= 0.3 is 0 Å². The van der Waals surface area contributed by atoms with Crippen LogP contribution in [0.15, 0.2) is 91.0 Å². The van der Waals surface area contributed by atoms with Gasteiger partial charge in [0.25, 0.3) is 0 Å². The van der Waals surface area contributed by atoms with Crippen LogP contribution in [0.1, 0.15) is 0 Å². The van der Waals surface area contributed by atoms with Crippen molar-refractivity contribution in [3.8, 4) is 0 Å². The molecular formula is C20H21NP2. The van der Waals surface area contributed by atoms with Crippen LogP contribution >= 0.6 is 16.0 Å². The summed E-state index contributed by atoms with van der Waals surface area (Å²) in [7, 11) is -0.910.